The zero-order chi connectivity index (χ0) is 27.4. The number of thiophene rings is 1. The summed E-state index contributed by atoms with van der Waals surface area (Å²) in [6, 6.07) is 26.4. The average molecular weight is 555 g/mol. The number of halogens is 3. The van der Waals surface area contributed by atoms with Crippen molar-refractivity contribution in [1.82, 2.24) is 9.78 Å². The molecule has 7 rings (SSSR count). The Morgan fingerprint density at radius 1 is 0.875 bits per heavy atom. The number of rotatable bonds is 3. The molecule has 6 nitrogen and oxygen atoms in total. The predicted octanol–water partition coefficient (Wildman–Crippen LogP) is 8.06. The highest BCUT2D eigenvalue weighted by molar-refractivity contribution is 7.10. The Bertz CT molecular complexity index is 1790. The molecule has 0 amide bonds. The molecular weight excluding hydrogens is 533 g/mol. The van der Waals surface area contributed by atoms with Crippen molar-refractivity contribution in [3.63, 3.8) is 0 Å². The van der Waals surface area contributed by atoms with Crippen molar-refractivity contribution in [3.8, 4) is 5.69 Å². The van der Waals surface area contributed by atoms with E-state index in [2.05, 4.69) is 16.3 Å². The number of para-hydroxylation sites is 3. The van der Waals surface area contributed by atoms with Gasteiger partial charge in [-0.15, -0.1) is 11.3 Å². The third-order valence-corrected chi connectivity index (χ3v) is 7.83. The van der Waals surface area contributed by atoms with Gasteiger partial charge < -0.3 is 10.2 Å². The summed E-state index contributed by atoms with van der Waals surface area (Å²) in [4.78, 5) is 13.1. The smallest absolute Gasteiger partial charge is 0.337 e. The Balaban J connectivity index is 1.46. The largest absolute Gasteiger partial charge is 0.416 e. The minimum Gasteiger partial charge on any atom is -0.337 e. The molecule has 5 aromatic rings. The molecule has 4 heterocycles. The fourth-order valence-corrected chi connectivity index (χ4v) is 6.00. The molecule has 1 unspecified atom stereocenters. The Kier molecular flexibility index (Phi) is 5.60. The van der Waals surface area contributed by atoms with E-state index >= 15 is 0 Å². The summed E-state index contributed by atoms with van der Waals surface area (Å²) in [7, 11) is 0. The minimum absolute atomic E-state index is 0.266. The van der Waals surface area contributed by atoms with Crippen LogP contribution in [-0.2, 0) is 6.18 Å². The van der Waals surface area contributed by atoms with E-state index in [9.17, 15) is 13.2 Å². The SMILES string of the molecule is Cc1nn(-c2ccccc2)c2c1C(c1cccs1)N1C(=N2)C(Nc2cccc(C(F)(F)F)c2)=Nc2ccccc21. The molecule has 0 saturated heterocycles. The minimum atomic E-state index is -4.47. The molecule has 0 bridgehead atoms. The molecule has 0 fully saturated rings. The number of benzene rings is 3. The quantitative estimate of drug-likeness (QED) is 0.245. The second-order valence-electron chi connectivity index (χ2n) is 9.45. The van der Waals surface area contributed by atoms with Gasteiger partial charge in [0.05, 0.1) is 28.3 Å². The van der Waals surface area contributed by atoms with Crippen LogP contribution in [0.25, 0.3) is 5.69 Å². The Morgan fingerprint density at radius 3 is 2.45 bits per heavy atom. The molecular formula is C30H21F3N6S. The molecule has 2 aliphatic heterocycles. The van der Waals surface area contributed by atoms with Gasteiger partial charge in [0.1, 0.15) is 6.04 Å². The number of anilines is 2. The van der Waals surface area contributed by atoms with Crippen LogP contribution in [0.1, 0.15) is 27.7 Å². The number of hydrogen-bond acceptors (Lipinski definition) is 6. The maximum atomic E-state index is 13.5. The van der Waals surface area contributed by atoms with Crippen molar-refractivity contribution in [2.45, 2.75) is 19.1 Å². The summed E-state index contributed by atoms with van der Waals surface area (Å²) in [6.07, 6.45) is -4.47. The van der Waals surface area contributed by atoms with Crippen LogP contribution < -0.4 is 10.2 Å². The number of fused-ring (bicyclic) bond motifs is 4. The van der Waals surface area contributed by atoms with Crippen LogP contribution in [0.3, 0.4) is 0 Å². The third kappa shape index (κ3) is 3.99. The molecule has 0 radical (unpaired) electrons. The maximum absolute atomic E-state index is 13.5. The van der Waals surface area contributed by atoms with Crippen LogP contribution >= 0.6 is 11.3 Å². The highest BCUT2D eigenvalue weighted by atomic mass is 32.1. The third-order valence-electron chi connectivity index (χ3n) is 6.90. The molecule has 1 atom stereocenters. The zero-order valence-corrected chi connectivity index (χ0v) is 21.9. The number of alkyl halides is 3. The van der Waals surface area contributed by atoms with Gasteiger partial charge >= 0.3 is 6.18 Å². The van der Waals surface area contributed by atoms with E-state index in [1.807, 2.05) is 77.6 Å². The van der Waals surface area contributed by atoms with E-state index in [0.29, 0.717) is 23.2 Å². The Hall–Kier alpha value is -4.70. The molecule has 0 saturated carbocycles. The van der Waals surface area contributed by atoms with E-state index in [1.54, 1.807) is 17.4 Å². The van der Waals surface area contributed by atoms with Gasteiger partial charge in [-0.3, -0.25) is 0 Å². The number of aromatic nitrogens is 2. The molecule has 2 aliphatic rings. The van der Waals surface area contributed by atoms with Crippen molar-refractivity contribution in [2.75, 3.05) is 10.2 Å². The molecule has 0 aliphatic carbocycles. The Morgan fingerprint density at radius 2 is 1.68 bits per heavy atom. The van der Waals surface area contributed by atoms with E-state index in [0.717, 1.165) is 39.6 Å². The number of nitrogens with one attached hydrogen (secondary N) is 1. The van der Waals surface area contributed by atoms with E-state index in [1.165, 1.54) is 6.07 Å². The molecule has 0 spiro atoms. The lowest BCUT2D eigenvalue weighted by atomic mass is 9.98. The van der Waals surface area contributed by atoms with Gasteiger partial charge in [-0.25, -0.2) is 14.7 Å². The summed E-state index contributed by atoms with van der Waals surface area (Å²) in [5, 5.41) is 10.1. The first-order chi connectivity index (χ1) is 19.4. The summed E-state index contributed by atoms with van der Waals surface area (Å²) >= 11 is 1.63. The van der Waals surface area contributed by atoms with Crippen molar-refractivity contribution < 1.29 is 13.2 Å². The van der Waals surface area contributed by atoms with Gasteiger partial charge in [-0.05, 0) is 60.8 Å². The molecule has 3 aromatic carbocycles. The lowest BCUT2D eigenvalue weighted by Gasteiger charge is -2.40. The first-order valence-electron chi connectivity index (χ1n) is 12.6. The first-order valence-corrected chi connectivity index (χ1v) is 13.4. The fourth-order valence-electron chi connectivity index (χ4n) is 5.17. The Labute approximate surface area is 231 Å². The first kappa shape index (κ1) is 24.3. The molecule has 40 heavy (non-hydrogen) atoms. The number of nitrogens with zero attached hydrogens (tertiary/aromatic N) is 5. The number of amidine groups is 2. The lowest BCUT2D eigenvalue weighted by Crippen LogP contribution is -2.46. The summed E-state index contributed by atoms with van der Waals surface area (Å²) in [5.74, 6) is 1.51. The lowest BCUT2D eigenvalue weighted by molar-refractivity contribution is -0.137. The van der Waals surface area contributed by atoms with Gasteiger partial charge in [0.2, 0.25) is 0 Å². The highest BCUT2D eigenvalue weighted by Gasteiger charge is 2.42. The van der Waals surface area contributed by atoms with E-state index in [-0.39, 0.29) is 11.7 Å². The monoisotopic (exact) mass is 554 g/mol. The fraction of sp³-hybridized carbons (Fsp3) is 0.100. The van der Waals surface area contributed by atoms with Gasteiger partial charge in [0, 0.05) is 16.1 Å². The second kappa shape index (κ2) is 9.20. The van der Waals surface area contributed by atoms with Gasteiger partial charge in [-0.1, -0.05) is 42.5 Å². The van der Waals surface area contributed by atoms with Crippen molar-refractivity contribution in [2.24, 2.45) is 9.98 Å². The predicted molar refractivity (Wildman–Crippen MR) is 153 cm³/mol. The van der Waals surface area contributed by atoms with Crippen LogP contribution in [0.15, 0.2) is 106 Å². The molecule has 1 N–H and O–H groups in total. The maximum Gasteiger partial charge on any atom is 0.416 e. The average Bonchev–Trinajstić information content (AvgIpc) is 3.61. The van der Waals surface area contributed by atoms with Crippen molar-refractivity contribution in [3.05, 3.63) is 118 Å². The number of aliphatic imine (C=N–C) groups is 2. The van der Waals surface area contributed by atoms with Crippen LogP contribution in [0, 0.1) is 6.92 Å². The standard InChI is InChI=1S/C30H21F3N6S/c1-18-25-26(24-15-8-16-40-24)38-23-14-6-5-13-22(23)35-27(34-20-10-7-9-19(17-20)30(31,32)33)29(38)36-28(25)39(37-18)21-11-3-2-4-12-21/h2-17,26H,1H3,(H,34,35). The van der Waals surface area contributed by atoms with Crippen molar-refractivity contribution >= 4 is 45.9 Å². The van der Waals surface area contributed by atoms with Gasteiger partial charge in [0.15, 0.2) is 17.5 Å². The molecule has 2 aromatic heterocycles. The van der Waals surface area contributed by atoms with Crippen LogP contribution in [0.5, 0.6) is 0 Å². The van der Waals surface area contributed by atoms with Gasteiger partial charge in [0.25, 0.3) is 0 Å². The second-order valence-corrected chi connectivity index (χ2v) is 10.4. The van der Waals surface area contributed by atoms with Crippen LogP contribution in [0.4, 0.5) is 36.1 Å². The van der Waals surface area contributed by atoms with Crippen LogP contribution in [-0.4, -0.2) is 21.5 Å². The summed E-state index contributed by atoms with van der Waals surface area (Å²) in [6.45, 7) is 1.98. The van der Waals surface area contributed by atoms with Crippen molar-refractivity contribution in [1.29, 1.82) is 0 Å². The number of hydrogen-bond donors (Lipinski definition) is 1. The van der Waals surface area contributed by atoms with Crippen LogP contribution in [0.2, 0.25) is 0 Å². The molecule has 10 heteroatoms. The summed E-state index contributed by atoms with van der Waals surface area (Å²) < 4.78 is 42.3. The summed E-state index contributed by atoms with van der Waals surface area (Å²) in [5.41, 5.74) is 3.73. The zero-order valence-electron chi connectivity index (χ0n) is 21.1. The molecule has 198 valence electrons. The van der Waals surface area contributed by atoms with E-state index < -0.39 is 11.7 Å². The van der Waals surface area contributed by atoms with Gasteiger partial charge in [-0.2, -0.15) is 18.3 Å². The topological polar surface area (TPSA) is 57.8 Å². The normalized spacial score (nSPS) is 16.0. The number of aryl methyl sites for hydroxylation is 1. The highest BCUT2D eigenvalue weighted by Crippen LogP contribution is 2.49. The van der Waals surface area contributed by atoms with E-state index in [4.69, 9.17) is 15.1 Å².